The van der Waals surface area contributed by atoms with Crippen LogP contribution in [0, 0.1) is 22.7 Å². The topological polar surface area (TPSA) is 17.1 Å². The molecule has 0 rings (SSSR count). The number of carbonyl (C=O) groups is 1. The average molecular weight is 266 g/mol. The second kappa shape index (κ2) is 7.26. The molecule has 1 nitrogen and oxygen atoms in total. The number of allylic oxidation sites excluding steroid dienone is 2. The van der Waals surface area contributed by atoms with Gasteiger partial charge in [-0.3, -0.25) is 4.79 Å². The quantitative estimate of drug-likeness (QED) is 0.448. The summed E-state index contributed by atoms with van der Waals surface area (Å²) in [7, 11) is 0. The average Bonchev–Trinajstić information content (AvgIpc) is 2.12. The summed E-state index contributed by atoms with van der Waals surface area (Å²) in [5.41, 5.74) is 1.63. The van der Waals surface area contributed by atoms with Gasteiger partial charge in [0.15, 0.2) is 0 Å². The SMILES string of the molecule is C[C@H](C/C=C(/C=O)[C@@H](C)CC(C)(C)C)CC(C)(C)C. The lowest BCUT2D eigenvalue weighted by atomic mass is 9.81. The van der Waals surface area contributed by atoms with Crippen LogP contribution in [0.4, 0.5) is 0 Å². The maximum atomic E-state index is 11.3. The van der Waals surface area contributed by atoms with Crippen LogP contribution < -0.4 is 0 Å². The fourth-order valence-electron chi connectivity index (χ4n) is 2.87. The summed E-state index contributed by atoms with van der Waals surface area (Å²) in [4.78, 5) is 11.3. The second-order valence-corrected chi connectivity index (χ2v) is 8.59. The van der Waals surface area contributed by atoms with E-state index in [0.717, 1.165) is 24.7 Å². The van der Waals surface area contributed by atoms with Gasteiger partial charge in [0, 0.05) is 0 Å². The Hall–Kier alpha value is -0.590. The molecule has 0 aliphatic heterocycles. The van der Waals surface area contributed by atoms with Crippen LogP contribution in [0.25, 0.3) is 0 Å². The number of hydrogen-bond donors (Lipinski definition) is 0. The molecule has 112 valence electrons. The van der Waals surface area contributed by atoms with E-state index < -0.39 is 0 Å². The molecular formula is C18H34O. The van der Waals surface area contributed by atoms with E-state index in [0.29, 0.717) is 17.3 Å². The van der Waals surface area contributed by atoms with Crippen molar-refractivity contribution < 1.29 is 4.79 Å². The van der Waals surface area contributed by atoms with Crippen molar-refractivity contribution in [1.82, 2.24) is 0 Å². The molecule has 0 N–H and O–H groups in total. The molecule has 0 saturated heterocycles. The zero-order valence-corrected chi connectivity index (χ0v) is 14.3. The summed E-state index contributed by atoms with van der Waals surface area (Å²) < 4.78 is 0. The van der Waals surface area contributed by atoms with E-state index in [1.165, 1.54) is 6.42 Å². The smallest absolute Gasteiger partial charge is 0.145 e. The third-order valence-corrected chi connectivity index (χ3v) is 3.34. The van der Waals surface area contributed by atoms with Crippen LogP contribution in [0.2, 0.25) is 0 Å². The van der Waals surface area contributed by atoms with Gasteiger partial charge in [-0.25, -0.2) is 0 Å². The number of aldehydes is 1. The fraction of sp³-hybridized carbons (Fsp3) is 0.833. The molecule has 19 heavy (non-hydrogen) atoms. The second-order valence-electron chi connectivity index (χ2n) is 8.59. The molecule has 0 aromatic carbocycles. The first kappa shape index (κ1) is 18.4. The van der Waals surface area contributed by atoms with Crippen molar-refractivity contribution in [3.05, 3.63) is 11.6 Å². The lowest BCUT2D eigenvalue weighted by Gasteiger charge is -2.24. The van der Waals surface area contributed by atoms with Crippen LogP contribution in [-0.4, -0.2) is 6.29 Å². The standard InChI is InChI=1S/C18H34O/c1-14(11-17(3,4)5)9-10-16(13-19)15(2)12-18(6,7)8/h10,13-15H,9,11-12H2,1-8H3/b16-10-/t14-,15+/m1/s1. The minimum atomic E-state index is 0.276. The molecule has 0 radical (unpaired) electrons. The summed E-state index contributed by atoms with van der Waals surface area (Å²) >= 11 is 0. The molecule has 0 saturated carbocycles. The molecule has 0 aliphatic rings. The number of rotatable bonds is 6. The van der Waals surface area contributed by atoms with Crippen molar-refractivity contribution in [2.24, 2.45) is 22.7 Å². The monoisotopic (exact) mass is 266 g/mol. The lowest BCUT2D eigenvalue weighted by molar-refractivity contribution is -0.105. The molecule has 0 fully saturated rings. The molecule has 0 amide bonds. The summed E-state index contributed by atoms with van der Waals surface area (Å²) in [6.45, 7) is 18.0. The van der Waals surface area contributed by atoms with Gasteiger partial charge in [0.1, 0.15) is 6.29 Å². The van der Waals surface area contributed by atoms with Crippen LogP contribution in [-0.2, 0) is 4.79 Å². The van der Waals surface area contributed by atoms with Gasteiger partial charge >= 0.3 is 0 Å². The normalized spacial score (nSPS) is 17.2. The van der Waals surface area contributed by atoms with E-state index in [-0.39, 0.29) is 5.41 Å². The first-order chi connectivity index (χ1) is 8.44. The van der Waals surface area contributed by atoms with Crippen LogP contribution in [0.5, 0.6) is 0 Å². The molecule has 2 atom stereocenters. The summed E-state index contributed by atoms with van der Waals surface area (Å²) in [5.74, 6) is 0.996. The summed E-state index contributed by atoms with van der Waals surface area (Å²) in [6, 6.07) is 0. The van der Waals surface area contributed by atoms with Crippen molar-refractivity contribution in [2.45, 2.75) is 74.7 Å². The number of hydrogen-bond acceptors (Lipinski definition) is 1. The van der Waals surface area contributed by atoms with Gasteiger partial charge in [-0.2, -0.15) is 0 Å². The predicted octanol–water partition coefficient (Wildman–Crippen LogP) is 5.65. The third-order valence-electron chi connectivity index (χ3n) is 3.34. The molecule has 0 spiro atoms. The molecule has 1 heteroatoms. The Labute approximate surface area is 120 Å². The molecular weight excluding hydrogens is 232 g/mol. The van der Waals surface area contributed by atoms with E-state index in [1.54, 1.807) is 0 Å². The minimum Gasteiger partial charge on any atom is -0.298 e. The van der Waals surface area contributed by atoms with Gasteiger partial charge in [-0.15, -0.1) is 0 Å². The largest absolute Gasteiger partial charge is 0.298 e. The third kappa shape index (κ3) is 9.92. The molecule has 0 unspecified atom stereocenters. The highest BCUT2D eigenvalue weighted by Gasteiger charge is 2.19. The van der Waals surface area contributed by atoms with E-state index >= 15 is 0 Å². The molecule has 0 aliphatic carbocycles. The Morgan fingerprint density at radius 2 is 1.42 bits per heavy atom. The number of carbonyl (C=O) groups excluding carboxylic acids is 1. The fourth-order valence-corrected chi connectivity index (χ4v) is 2.87. The van der Waals surface area contributed by atoms with Crippen LogP contribution in [0.15, 0.2) is 11.6 Å². The van der Waals surface area contributed by atoms with Gasteiger partial charge in [-0.05, 0) is 47.5 Å². The van der Waals surface area contributed by atoms with Gasteiger partial charge < -0.3 is 0 Å². The highest BCUT2D eigenvalue weighted by atomic mass is 16.1. The van der Waals surface area contributed by atoms with E-state index in [2.05, 4.69) is 61.5 Å². The van der Waals surface area contributed by atoms with Crippen molar-refractivity contribution in [1.29, 1.82) is 0 Å². The minimum absolute atomic E-state index is 0.276. The molecule has 0 aromatic heterocycles. The van der Waals surface area contributed by atoms with Gasteiger partial charge in [-0.1, -0.05) is 61.5 Å². The Morgan fingerprint density at radius 3 is 1.79 bits per heavy atom. The van der Waals surface area contributed by atoms with Gasteiger partial charge in [0.25, 0.3) is 0 Å². The van der Waals surface area contributed by atoms with Crippen molar-refractivity contribution in [3.8, 4) is 0 Å². The highest BCUT2D eigenvalue weighted by molar-refractivity contribution is 5.73. The predicted molar refractivity (Wildman–Crippen MR) is 85.2 cm³/mol. The molecule has 0 bridgehead atoms. The lowest BCUT2D eigenvalue weighted by Crippen LogP contribution is -2.14. The zero-order chi connectivity index (χ0) is 15.3. The Balaban J connectivity index is 4.52. The van der Waals surface area contributed by atoms with Crippen molar-refractivity contribution >= 4 is 6.29 Å². The molecule has 0 aromatic rings. The first-order valence-corrected chi connectivity index (χ1v) is 7.60. The summed E-state index contributed by atoms with van der Waals surface area (Å²) in [5, 5.41) is 0. The van der Waals surface area contributed by atoms with E-state index in [9.17, 15) is 4.79 Å². The Kier molecular flexibility index (Phi) is 7.04. The van der Waals surface area contributed by atoms with E-state index in [4.69, 9.17) is 0 Å². The molecule has 0 heterocycles. The Morgan fingerprint density at radius 1 is 0.947 bits per heavy atom. The van der Waals surface area contributed by atoms with Crippen LogP contribution in [0.1, 0.15) is 74.7 Å². The first-order valence-electron chi connectivity index (χ1n) is 7.60. The van der Waals surface area contributed by atoms with Crippen LogP contribution in [0.3, 0.4) is 0 Å². The van der Waals surface area contributed by atoms with Crippen molar-refractivity contribution in [2.75, 3.05) is 0 Å². The van der Waals surface area contributed by atoms with Gasteiger partial charge in [0.05, 0.1) is 0 Å². The maximum absolute atomic E-state index is 11.3. The van der Waals surface area contributed by atoms with E-state index in [1.807, 2.05) is 0 Å². The zero-order valence-electron chi connectivity index (χ0n) is 14.3. The Bertz CT molecular complexity index is 299. The van der Waals surface area contributed by atoms with Crippen LogP contribution >= 0.6 is 0 Å². The highest BCUT2D eigenvalue weighted by Crippen LogP contribution is 2.30. The van der Waals surface area contributed by atoms with Gasteiger partial charge in [0.2, 0.25) is 0 Å². The maximum Gasteiger partial charge on any atom is 0.145 e. The summed E-state index contributed by atoms with van der Waals surface area (Å²) in [6.07, 6.45) is 6.49. The van der Waals surface area contributed by atoms with Crippen molar-refractivity contribution in [3.63, 3.8) is 0 Å².